The molecule has 0 saturated heterocycles. The number of ether oxygens (including phenoxy) is 8. The molecule has 0 spiro atoms. The molecule has 0 amide bonds. The number of nitrogens with zero attached hydrogens (tertiary/aromatic N) is 1. The number of para-hydroxylation sites is 2. The van der Waals surface area contributed by atoms with Gasteiger partial charge in [0.25, 0.3) is 0 Å². The van der Waals surface area contributed by atoms with Crippen LogP contribution in [0.15, 0.2) is 166 Å². The van der Waals surface area contributed by atoms with Crippen LogP contribution < -0.4 is 18.9 Å². The minimum Gasteiger partial charge on any atom is -0.466 e. The molecule has 4 aromatic rings. The Bertz CT molecular complexity index is 1680. The lowest BCUT2D eigenvalue weighted by atomic mass is 10.0. The summed E-state index contributed by atoms with van der Waals surface area (Å²) in [4.78, 5) is 4.45. The van der Waals surface area contributed by atoms with Crippen molar-refractivity contribution >= 4 is 0 Å². The summed E-state index contributed by atoms with van der Waals surface area (Å²) in [6, 6.07) is 26.6. The third kappa shape index (κ3) is 8.82. The van der Waals surface area contributed by atoms with Crippen molar-refractivity contribution in [2.75, 3.05) is 0 Å². The third-order valence-electron chi connectivity index (χ3n) is 5.69. The molecule has 0 N–H and O–H groups in total. The molecule has 0 radical (unpaired) electrons. The number of rotatable bonds is 2. The van der Waals surface area contributed by atoms with Crippen LogP contribution in [0.4, 0.5) is 0 Å². The fraction of sp³-hybridized carbons (Fsp3) is 0. The highest BCUT2D eigenvalue weighted by atomic mass is 16.5. The summed E-state index contributed by atoms with van der Waals surface area (Å²) in [5, 5.41) is 0. The number of aromatic nitrogens is 1. The Balaban J connectivity index is 1.31. The Morgan fingerprint density at radius 2 is 0.818 bits per heavy atom. The second kappa shape index (κ2) is 16.2. The Morgan fingerprint density at radius 1 is 0.341 bits per heavy atom. The molecule has 9 heteroatoms. The molecule has 0 bridgehead atoms. The monoisotopic (exact) mass is 589 g/mol. The molecule has 2 heterocycles. The summed E-state index contributed by atoms with van der Waals surface area (Å²) in [5.74, 6) is 1.83. The number of hydrogen-bond donors (Lipinski definition) is 0. The van der Waals surface area contributed by atoms with Gasteiger partial charge in [0.15, 0.2) is 23.0 Å². The highest BCUT2D eigenvalue weighted by Crippen LogP contribution is 2.34. The van der Waals surface area contributed by atoms with E-state index in [1.54, 1.807) is 24.4 Å². The first-order valence-electron chi connectivity index (χ1n) is 13.3. The molecule has 220 valence electrons. The Hall–Kier alpha value is -6.35. The number of pyridine rings is 1. The normalized spacial score (nSPS) is 17.8. The summed E-state index contributed by atoms with van der Waals surface area (Å²) in [6.45, 7) is 0. The van der Waals surface area contributed by atoms with E-state index >= 15 is 0 Å². The van der Waals surface area contributed by atoms with Crippen LogP contribution >= 0.6 is 0 Å². The molecule has 1 aliphatic rings. The van der Waals surface area contributed by atoms with Crippen LogP contribution in [0, 0.1) is 0 Å². The van der Waals surface area contributed by atoms with Crippen molar-refractivity contribution in [1.82, 2.24) is 4.98 Å². The van der Waals surface area contributed by atoms with Gasteiger partial charge >= 0.3 is 0 Å². The van der Waals surface area contributed by atoms with E-state index in [1.165, 1.54) is 75.1 Å². The SMILES string of the molecule is C1=C\O/C=C\Oc2ccc(-c3cccc(-c4ccccn4)c3)cc2O/C=C\O/C=C\O/C=C\Oc2ccccc2O/C=C\O/1. The van der Waals surface area contributed by atoms with Crippen LogP contribution in [0.2, 0.25) is 0 Å². The molecule has 0 fully saturated rings. The minimum absolute atomic E-state index is 0.439. The second-order valence-corrected chi connectivity index (χ2v) is 8.55. The lowest BCUT2D eigenvalue weighted by Gasteiger charge is -2.11. The van der Waals surface area contributed by atoms with E-state index in [9.17, 15) is 0 Å². The van der Waals surface area contributed by atoms with E-state index in [0.717, 1.165) is 22.4 Å². The van der Waals surface area contributed by atoms with Crippen molar-refractivity contribution in [2.24, 2.45) is 0 Å². The molecular formula is C35H27NO8. The molecular weight excluding hydrogens is 562 g/mol. The first-order chi connectivity index (χ1) is 21.9. The summed E-state index contributed by atoms with van der Waals surface area (Å²) in [6.07, 6.45) is 17.9. The van der Waals surface area contributed by atoms with Gasteiger partial charge in [-0.1, -0.05) is 42.5 Å². The summed E-state index contributed by atoms with van der Waals surface area (Å²) < 4.78 is 43.8. The number of fused-ring (bicyclic) bond motifs is 2. The van der Waals surface area contributed by atoms with Crippen LogP contribution in [0.5, 0.6) is 23.0 Å². The average Bonchev–Trinajstić information content (AvgIpc) is 3.07. The lowest BCUT2D eigenvalue weighted by Crippen LogP contribution is -1.91. The fourth-order valence-electron chi connectivity index (χ4n) is 3.76. The van der Waals surface area contributed by atoms with Gasteiger partial charge in [0.1, 0.15) is 75.1 Å². The van der Waals surface area contributed by atoms with Crippen LogP contribution in [0.1, 0.15) is 0 Å². The van der Waals surface area contributed by atoms with E-state index in [4.69, 9.17) is 37.9 Å². The molecule has 0 saturated carbocycles. The van der Waals surface area contributed by atoms with Gasteiger partial charge in [-0.25, -0.2) is 0 Å². The zero-order valence-electron chi connectivity index (χ0n) is 23.3. The van der Waals surface area contributed by atoms with E-state index in [-0.39, 0.29) is 0 Å². The van der Waals surface area contributed by atoms with Crippen molar-refractivity contribution in [1.29, 1.82) is 0 Å². The molecule has 44 heavy (non-hydrogen) atoms. The standard InChI is InChI=1S/C35H27NO8/c1-2-10-33-32(9-1)41-22-18-37-14-15-39-20-24-43-34-12-11-29(27-35(34)44-25-21-40-17-16-38-19-23-42-33)28-6-5-7-30(26-28)31-8-3-4-13-36-31/h1-27H/b15-14-,17-16-,22-18-,23-19-,24-20-,25-21-. The molecule has 3 aromatic carbocycles. The molecule has 5 rings (SSSR count). The van der Waals surface area contributed by atoms with Gasteiger partial charge in [-0.15, -0.1) is 0 Å². The van der Waals surface area contributed by atoms with Gasteiger partial charge in [-0.2, -0.15) is 0 Å². The third-order valence-corrected chi connectivity index (χ3v) is 5.69. The Kier molecular flexibility index (Phi) is 10.7. The van der Waals surface area contributed by atoms with Crippen LogP contribution in [0.25, 0.3) is 22.4 Å². The maximum Gasteiger partial charge on any atom is 0.169 e. The van der Waals surface area contributed by atoms with E-state index in [1.807, 2.05) is 60.7 Å². The zero-order valence-corrected chi connectivity index (χ0v) is 23.3. The largest absolute Gasteiger partial charge is 0.466 e. The van der Waals surface area contributed by atoms with Gasteiger partial charge in [-0.3, -0.25) is 4.98 Å². The second-order valence-electron chi connectivity index (χ2n) is 8.55. The van der Waals surface area contributed by atoms with Gasteiger partial charge in [0, 0.05) is 11.8 Å². The van der Waals surface area contributed by atoms with Gasteiger partial charge < -0.3 is 37.9 Å². The summed E-state index contributed by atoms with van der Waals surface area (Å²) in [5.41, 5.74) is 3.77. The van der Waals surface area contributed by atoms with Crippen LogP contribution in [-0.4, -0.2) is 4.98 Å². The minimum atomic E-state index is 0.439. The topological polar surface area (TPSA) is 86.7 Å². The Morgan fingerprint density at radius 3 is 1.39 bits per heavy atom. The van der Waals surface area contributed by atoms with Gasteiger partial charge in [-0.05, 0) is 53.6 Å². The van der Waals surface area contributed by atoms with Crippen LogP contribution in [-0.2, 0) is 18.9 Å². The number of benzene rings is 3. The lowest BCUT2D eigenvalue weighted by molar-refractivity contribution is 0.316. The van der Waals surface area contributed by atoms with Crippen molar-refractivity contribution < 1.29 is 37.9 Å². The fourth-order valence-corrected chi connectivity index (χ4v) is 3.76. The predicted molar refractivity (Wildman–Crippen MR) is 163 cm³/mol. The Labute approximate surface area is 254 Å². The first-order valence-corrected chi connectivity index (χ1v) is 13.3. The summed E-state index contributed by atoms with van der Waals surface area (Å²) >= 11 is 0. The molecule has 9 nitrogen and oxygen atoms in total. The van der Waals surface area contributed by atoms with Gasteiger partial charge in [0.05, 0.1) is 5.69 Å². The molecule has 0 atom stereocenters. The maximum absolute atomic E-state index is 5.86. The van der Waals surface area contributed by atoms with Gasteiger partial charge in [0.2, 0.25) is 0 Å². The predicted octanol–water partition coefficient (Wildman–Crippen LogP) is 8.54. The molecule has 0 unspecified atom stereocenters. The van der Waals surface area contributed by atoms with Crippen molar-refractivity contribution in [3.8, 4) is 45.4 Å². The van der Waals surface area contributed by atoms with Crippen molar-refractivity contribution in [3.05, 3.63) is 166 Å². The highest BCUT2D eigenvalue weighted by molar-refractivity contribution is 5.73. The molecule has 0 aliphatic carbocycles. The van der Waals surface area contributed by atoms with Crippen LogP contribution in [0.3, 0.4) is 0 Å². The number of hydrogen-bond acceptors (Lipinski definition) is 9. The molecule has 1 aromatic heterocycles. The summed E-state index contributed by atoms with van der Waals surface area (Å²) in [7, 11) is 0. The van der Waals surface area contributed by atoms with Crippen molar-refractivity contribution in [2.45, 2.75) is 0 Å². The van der Waals surface area contributed by atoms with Crippen molar-refractivity contribution in [3.63, 3.8) is 0 Å². The maximum atomic E-state index is 5.86. The van der Waals surface area contributed by atoms with E-state index in [2.05, 4.69) is 11.1 Å². The van der Waals surface area contributed by atoms with E-state index < -0.39 is 0 Å². The zero-order chi connectivity index (χ0) is 30.1. The first kappa shape index (κ1) is 29.2. The molecule has 1 aliphatic heterocycles. The average molecular weight is 590 g/mol. The quantitative estimate of drug-likeness (QED) is 0.228. The van der Waals surface area contributed by atoms with E-state index in [0.29, 0.717) is 23.0 Å². The highest BCUT2D eigenvalue weighted by Gasteiger charge is 2.09. The smallest absolute Gasteiger partial charge is 0.169 e.